The van der Waals surface area contributed by atoms with E-state index in [0.717, 1.165) is 35.4 Å². The molecule has 0 atom stereocenters. The zero-order valence-electron chi connectivity index (χ0n) is 18.6. The van der Waals surface area contributed by atoms with Crippen molar-refractivity contribution >= 4 is 22.9 Å². The first-order valence-corrected chi connectivity index (χ1v) is 11.8. The van der Waals surface area contributed by atoms with Gasteiger partial charge in [0.05, 0.1) is 27.8 Å². The number of rotatable bonds is 7. The number of hydrogen-bond donors (Lipinski definition) is 2. The van der Waals surface area contributed by atoms with E-state index in [1.54, 1.807) is 46.9 Å². The molecule has 7 nitrogen and oxygen atoms in total. The van der Waals surface area contributed by atoms with Crippen LogP contribution in [0.4, 0.5) is 18.9 Å². The first kappa shape index (κ1) is 23.2. The molecule has 0 spiro atoms. The van der Waals surface area contributed by atoms with Crippen LogP contribution in [0.25, 0.3) is 16.3 Å². The molecule has 2 heterocycles. The van der Waals surface area contributed by atoms with E-state index in [1.807, 2.05) is 6.92 Å². The highest BCUT2D eigenvalue weighted by atomic mass is 32.1. The minimum absolute atomic E-state index is 0.0905. The lowest BCUT2D eigenvalue weighted by Crippen LogP contribution is -2.18. The third-order valence-corrected chi connectivity index (χ3v) is 6.44. The molecule has 11 heteroatoms. The van der Waals surface area contributed by atoms with E-state index < -0.39 is 17.6 Å². The van der Waals surface area contributed by atoms with E-state index in [1.165, 1.54) is 11.3 Å². The summed E-state index contributed by atoms with van der Waals surface area (Å²) in [4.78, 5) is 17.9. The Kier molecular flexibility index (Phi) is 6.12. The van der Waals surface area contributed by atoms with Crippen molar-refractivity contribution in [1.29, 1.82) is 0 Å². The SMILES string of the molecule is Cc1ccc(C(=O)Nc2cc(CNC3CC3)cc(C(F)(F)F)c2)cc1-n1cc(-c2cncs2)nn1. The number of nitrogens with one attached hydrogen (secondary N) is 2. The number of aryl methyl sites for hydroxylation is 1. The number of hydrogen-bond acceptors (Lipinski definition) is 6. The molecule has 180 valence electrons. The molecule has 1 amide bonds. The summed E-state index contributed by atoms with van der Waals surface area (Å²) >= 11 is 1.43. The molecule has 2 N–H and O–H groups in total. The molecule has 1 aliphatic carbocycles. The van der Waals surface area contributed by atoms with Crippen molar-refractivity contribution in [2.45, 2.75) is 38.5 Å². The Balaban J connectivity index is 1.39. The fourth-order valence-corrected chi connectivity index (χ4v) is 4.19. The van der Waals surface area contributed by atoms with Crippen LogP contribution in [0.2, 0.25) is 0 Å². The maximum Gasteiger partial charge on any atom is 0.416 e. The zero-order chi connectivity index (χ0) is 24.6. The summed E-state index contributed by atoms with van der Waals surface area (Å²) in [6.07, 6.45) is 0.962. The second-order valence-electron chi connectivity index (χ2n) is 8.44. The summed E-state index contributed by atoms with van der Waals surface area (Å²) in [5.74, 6) is -0.519. The largest absolute Gasteiger partial charge is 0.416 e. The average Bonchev–Trinajstić information content (AvgIpc) is 3.27. The van der Waals surface area contributed by atoms with Gasteiger partial charge in [0.15, 0.2) is 0 Å². The molecule has 0 saturated heterocycles. The van der Waals surface area contributed by atoms with Gasteiger partial charge in [-0.2, -0.15) is 13.2 Å². The Hall–Kier alpha value is -3.57. The quantitative estimate of drug-likeness (QED) is 0.365. The van der Waals surface area contributed by atoms with E-state index >= 15 is 0 Å². The predicted molar refractivity (Wildman–Crippen MR) is 126 cm³/mol. The lowest BCUT2D eigenvalue weighted by atomic mass is 10.1. The highest BCUT2D eigenvalue weighted by molar-refractivity contribution is 7.13. The topological polar surface area (TPSA) is 84.7 Å². The minimum atomic E-state index is -4.52. The molecule has 1 fully saturated rings. The Bertz CT molecular complexity index is 1360. The van der Waals surface area contributed by atoms with Gasteiger partial charge < -0.3 is 10.6 Å². The van der Waals surface area contributed by atoms with Crippen LogP contribution >= 0.6 is 11.3 Å². The highest BCUT2D eigenvalue weighted by Gasteiger charge is 2.31. The zero-order valence-corrected chi connectivity index (χ0v) is 19.5. The Morgan fingerprint density at radius 2 is 2.03 bits per heavy atom. The van der Waals surface area contributed by atoms with Crippen LogP contribution in [0.5, 0.6) is 0 Å². The monoisotopic (exact) mass is 498 g/mol. The number of alkyl halides is 3. The molecular weight excluding hydrogens is 477 g/mol. The molecule has 1 aliphatic rings. The molecule has 5 rings (SSSR count). The van der Waals surface area contributed by atoms with Crippen molar-refractivity contribution < 1.29 is 18.0 Å². The second kappa shape index (κ2) is 9.23. The number of nitrogens with zero attached hydrogens (tertiary/aromatic N) is 4. The third-order valence-electron chi connectivity index (χ3n) is 5.65. The minimum Gasteiger partial charge on any atom is -0.322 e. The van der Waals surface area contributed by atoms with E-state index in [0.29, 0.717) is 29.5 Å². The Morgan fingerprint density at radius 3 is 2.74 bits per heavy atom. The van der Waals surface area contributed by atoms with Gasteiger partial charge in [0.25, 0.3) is 5.91 Å². The first-order valence-electron chi connectivity index (χ1n) is 10.9. The fraction of sp³-hybridized carbons (Fsp3) is 0.250. The molecule has 2 aromatic heterocycles. The summed E-state index contributed by atoms with van der Waals surface area (Å²) in [5, 5.41) is 14.2. The summed E-state index contributed by atoms with van der Waals surface area (Å²) < 4.78 is 41.9. The van der Waals surface area contributed by atoms with E-state index in [4.69, 9.17) is 0 Å². The highest BCUT2D eigenvalue weighted by Crippen LogP contribution is 2.32. The van der Waals surface area contributed by atoms with E-state index in [2.05, 4.69) is 25.9 Å². The van der Waals surface area contributed by atoms with Crippen LogP contribution in [-0.4, -0.2) is 31.9 Å². The number of carbonyl (C=O) groups excluding carboxylic acids is 1. The van der Waals surface area contributed by atoms with Gasteiger partial charge >= 0.3 is 6.18 Å². The Labute approximate surface area is 203 Å². The van der Waals surface area contributed by atoms with Gasteiger partial charge in [-0.05, 0) is 61.2 Å². The van der Waals surface area contributed by atoms with Crippen LogP contribution in [0.15, 0.2) is 54.3 Å². The molecule has 0 aliphatic heterocycles. The summed E-state index contributed by atoms with van der Waals surface area (Å²) in [7, 11) is 0. The van der Waals surface area contributed by atoms with Crippen molar-refractivity contribution in [3.63, 3.8) is 0 Å². The van der Waals surface area contributed by atoms with Crippen molar-refractivity contribution in [2.75, 3.05) is 5.32 Å². The van der Waals surface area contributed by atoms with E-state index in [9.17, 15) is 18.0 Å². The lowest BCUT2D eigenvalue weighted by Gasteiger charge is -2.14. The summed E-state index contributed by atoms with van der Waals surface area (Å²) in [6, 6.07) is 9.00. The Morgan fingerprint density at radius 1 is 1.20 bits per heavy atom. The number of benzene rings is 2. The lowest BCUT2D eigenvalue weighted by molar-refractivity contribution is -0.137. The summed E-state index contributed by atoms with van der Waals surface area (Å²) in [5.41, 5.74) is 3.89. The summed E-state index contributed by atoms with van der Waals surface area (Å²) in [6.45, 7) is 2.18. The maximum absolute atomic E-state index is 13.5. The second-order valence-corrected chi connectivity index (χ2v) is 9.33. The number of amides is 1. The molecular formula is C24H21F3N6OS. The predicted octanol–water partition coefficient (Wildman–Crippen LogP) is 5.22. The molecule has 0 unspecified atom stereocenters. The fourth-order valence-electron chi connectivity index (χ4n) is 3.62. The van der Waals surface area contributed by atoms with Crippen LogP contribution in [-0.2, 0) is 12.7 Å². The van der Waals surface area contributed by atoms with Gasteiger partial charge in [0.2, 0.25) is 0 Å². The molecule has 35 heavy (non-hydrogen) atoms. The number of thiazole rings is 1. The smallest absolute Gasteiger partial charge is 0.322 e. The van der Waals surface area contributed by atoms with Crippen LogP contribution < -0.4 is 10.6 Å². The van der Waals surface area contributed by atoms with Crippen molar-refractivity contribution in [3.8, 4) is 16.3 Å². The van der Waals surface area contributed by atoms with Crippen LogP contribution in [0.1, 0.15) is 39.9 Å². The van der Waals surface area contributed by atoms with E-state index in [-0.39, 0.29) is 11.3 Å². The molecule has 2 aromatic carbocycles. The van der Waals surface area contributed by atoms with Gasteiger partial charge in [0, 0.05) is 30.0 Å². The van der Waals surface area contributed by atoms with Crippen LogP contribution in [0, 0.1) is 6.92 Å². The van der Waals surface area contributed by atoms with Gasteiger partial charge in [-0.25, -0.2) is 4.68 Å². The van der Waals surface area contributed by atoms with Gasteiger partial charge in [-0.3, -0.25) is 9.78 Å². The maximum atomic E-state index is 13.5. The van der Waals surface area contributed by atoms with Crippen molar-refractivity contribution in [1.82, 2.24) is 25.3 Å². The number of anilines is 1. The molecule has 0 bridgehead atoms. The van der Waals surface area contributed by atoms with Gasteiger partial charge in [-0.15, -0.1) is 16.4 Å². The van der Waals surface area contributed by atoms with Gasteiger partial charge in [0.1, 0.15) is 5.69 Å². The normalized spacial score (nSPS) is 13.7. The molecule has 1 saturated carbocycles. The molecule has 4 aromatic rings. The number of halogens is 3. The molecule has 0 radical (unpaired) electrons. The average molecular weight is 499 g/mol. The first-order chi connectivity index (χ1) is 16.8. The third kappa shape index (κ3) is 5.41. The standard InChI is InChI=1S/C24H21F3N6OS/c1-14-2-3-16(8-21(14)33-12-20(31-32-33)22-11-28-13-35-22)23(34)30-19-7-15(10-29-18-4-5-18)6-17(9-19)24(25,26)27/h2-3,6-9,11-13,18,29H,4-5,10H2,1H3,(H,30,34). The number of aromatic nitrogens is 4. The van der Waals surface area contributed by atoms with Crippen molar-refractivity contribution in [2.24, 2.45) is 0 Å². The van der Waals surface area contributed by atoms with Gasteiger partial charge in [-0.1, -0.05) is 11.3 Å². The number of carbonyl (C=O) groups is 1. The van der Waals surface area contributed by atoms with Crippen molar-refractivity contribution in [3.05, 3.63) is 76.6 Å². The van der Waals surface area contributed by atoms with Crippen LogP contribution in [0.3, 0.4) is 0 Å².